The van der Waals surface area contributed by atoms with Crippen LogP contribution in [0.15, 0.2) is 54.6 Å². The Balaban J connectivity index is 1.31. The van der Waals surface area contributed by atoms with E-state index in [1.165, 1.54) is 5.69 Å². The maximum absolute atomic E-state index is 13.6. The van der Waals surface area contributed by atoms with Crippen molar-refractivity contribution in [3.63, 3.8) is 0 Å². The van der Waals surface area contributed by atoms with Gasteiger partial charge >= 0.3 is 0 Å². The van der Waals surface area contributed by atoms with Crippen LogP contribution in [0.2, 0.25) is 0 Å². The van der Waals surface area contributed by atoms with Crippen molar-refractivity contribution in [1.82, 2.24) is 4.90 Å². The molecule has 2 aromatic rings. The second-order valence-corrected chi connectivity index (χ2v) is 9.19. The van der Waals surface area contributed by atoms with Crippen LogP contribution in [0.25, 0.3) is 0 Å². The molecular formula is C25H31N3O3. The van der Waals surface area contributed by atoms with Crippen molar-refractivity contribution in [2.75, 3.05) is 55.9 Å². The van der Waals surface area contributed by atoms with Crippen LogP contribution in [0, 0.1) is 5.41 Å². The first-order chi connectivity index (χ1) is 15.0. The molecule has 0 atom stereocenters. The van der Waals surface area contributed by atoms with Gasteiger partial charge in [-0.25, -0.2) is 0 Å². The minimum absolute atomic E-state index is 0.0539. The maximum atomic E-state index is 13.6. The Kier molecular flexibility index (Phi) is 5.24. The Morgan fingerprint density at radius 3 is 2.23 bits per heavy atom. The predicted molar refractivity (Wildman–Crippen MR) is 121 cm³/mol. The van der Waals surface area contributed by atoms with Gasteiger partial charge in [0.05, 0.1) is 25.6 Å². The number of carbonyl (C=O) groups is 1. The van der Waals surface area contributed by atoms with Crippen molar-refractivity contribution in [3.8, 4) is 0 Å². The smallest absolute Gasteiger partial charge is 0.293 e. The van der Waals surface area contributed by atoms with Crippen LogP contribution in [0.4, 0.5) is 11.4 Å². The topological polar surface area (TPSA) is 45.3 Å². The van der Waals surface area contributed by atoms with Crippen molar-refractivity contribution in [2.24, 2.45) is 5.41 Å². The average Bonchev–Trinajstić information content (AvgIpc) is 3.05. The van der Waals surface area contributed by atoms with E-state index >= 15 is 0 Å². The zero-order chi connectivity index (χ0) is 21.5. The van der Waals surface area contributed by atoms with E-state index in [0.717, 1.165) is 43.9 Å². The van der Waals surface area contributed by atoms with Crippen molar-refractivity contribution >= 4 is 17.3 Å². The lowest BCUT2D eigenvalue weighted by molar-refractivity contribution is -0.289. The lowest BCUT2D eigenvalue weighted by Gasteiger charge is -2.42. The summed E-state index contributed by atoms with van der Waals surface area (Å²) in [5.41, 5.74) is 2.94. The van der Waals surface area contributed by atoms with Crippen LogP contribution in [0.5, 0.6) is 0 Å². The highest BCUT2D eigenvalue weighted by Gasteiger charge is 2.57. The fraction of sp³-hybridized carbons (Fsp3) is 0.480. The van der Waals surface area contributed by atoms with E-state index in [0.29, 0.717) is 19.9 Å². The number of piperazine rings is 1. The summed E-state index contributed by atoms with van der Waals surface area (Å²) in [6.45, 7) is 9.58. The van der Waals surface area contributed by atoms with Gasteiger partial charge in [0.2, 0.25) is 0 Å². The first kappa shape index (κ1) is 20.5. The third-order valence-electron chi connectivity index (χ3n) is 7.01. The van der Waals surface area contributed by atoms with E-state index in [9.17, 15) is 4.79 Å². The number of rotatable bonds is 4. The van der Waals surface area contributed by atoms with Gasteiger partial charge in [-0.05, 0) is 24.6 Å². The molecule has 0 aromatic heterocycles. The van der Waals surface area contributed by atoms with E-state index in [2.05, 4.69) is 47.9 Å². The van der Waals surface area contributed by atoms with Crippen molar-refractivity contribution in [3.05, 3.63) is 60.2 Å². The molecule has 2 saturated heterocycles. The Hall–Kier alpha value is -2.41. The minimum Gasteiger partial charge on any atom is -0.369 e. The average molecular weight is 422 g/mol. The summed E-state index contributed by atoms with van der Waals surface area (Å²) in [5.74, 6) is -1.39. The van der Waals surface area contributed by atoms with Gasteiger partial charge in [0.15, 0.2) is 0 Å². The molecule has 2 aromatic carbocycles. The van der Waals surface area contributed by atoms with Gasteiger partial charge in [0.25, 0.3) is 11.7 Å². The molecule has 0 bridgehead atoms. The predicted octanol–water partition coefficient (Wildman–Crippen LogP) is 3.43. The number of nitrogens with zero attached hydrogens (tertiary/aromatic N) is 3. The number of benzene rings is 2. The van der Waals surface area contributed by atoms with Gasteiger partial charge in [0, 0.05) is 42.8 Å². The molecule has 0 N–H and O–H groups in total. The largest absolute Gasteiger partial charge is 0.369 e. The standard InChI is InChI=1S/C25H31N3O3/c1-3-24(2)17-30-25(31-18-24)21-11-7-8-12-22(21)28(23(25)29)19-26-13-15-27(16-14-26)20-9-5-4-6-10-20/h4-12H,3,13-19H2,1-2H3. The van der Waals surface area contributed by atoms with Gasteiger partial charge in [-0.2, -0.15) is 0 Å². The number of ether oxygens (including phenoxy) is 2. The first-order valence-corrected chi connectivity index (χ1v) is 11.3. The van der Waals surface area contributed by atoms with Crippen LogP contribution in [-0.2, 0) is 20.1 Å². The molecule has 3 heterocycles. The van der Waals surface area contributed by atoms with Gasteiger partial charge in [-0.3, -0.25) is 14.6 Å². The number of carbonyl (C=O) groups excluding carboxylic acids is 1. The number of para-hydroxylation sites is 2. The first-order valence-electron chi connectivity index (χ1n) is 11.3. The molecule has 164 valence electrons. The molecule has 0 aliphatic carbocycles. The summed E-state index contributed by atoms with van der Waals surface area (Å²) in [7, 11) is 0. The second-order valence-electron chi connectivity index (χ2n) is 9.19. The quantitative estimate of drug-likeness (QED) is 0.757. The van der Waals surface area contributed by atoms with E-state index in [-0.39, 0.29) is 11.3 Å². The Morgan fingerprint density at radius 1 is 0.903 bits per heavy atom. The minimum atomic E-state index is -1.29. The summed E-state index contributed by atoms with van der Waals surface area (Å²) in [6, 6.07) is 18.4. The van der Waals surface area contributed by atoms with Gasteiger partial charge in [-0.1, -0.05) is 50.2 Å². The fourth-order valence-electron chi connectivity index (χ4n) is 4.63. The third kappa shape index (κ3) is 3.53. The van der Waals surface area contributed by atoms with Crippen LogP contribution < -0.4 is 9.80 Å². The van der Waals surface area contributed by atoms with E-state index in [1.807, 2.05) is 35.2 Å². The highest BCUT2D eigenvalue weighted by atomic mass is 16.7. The Labute approximate surface area is 184 Å². The molecule has 2 fully saturated rings. The third-order valence-corrected chi connectivity index (χ3v) is 7.01. The highest BCUT2D eigenvalue weighted by Crippen LogP contribution is 2.47. The molecule has 5 rings (SSSR count). The number of hydrogen-bond donors (Lipinski definition) is 0. The summed E-state index contributed by atoms with van der Waals surface area (Å²) in [4.78, 5) is 20.2. The van der Waals surface area contributed by atoms with Crippen molar-refractivity contribution in [2.45, 2.75) is 26.1 Å². The van der Waals surface area contributed by atoms with Crippen molar-refractivity contribution in [1.29, 1.82) is 0 Å². The number of hydrogen-bond acceptors (Lipinski definition) is 5. The molecule has 6 nitrogen and oxygen atoms in total. The fourth-order valence-corrected chi connectivity index (χ4v) is 4.63. The molecule has 1 amide bonds. The lowest BCUT2D eigenvalue weighted by Crippen LogP contribution is -2.55. The van der Waals surface area contributed by atoms with Gasteiger partial charge in [0.1, 0.15) is 0 Å². The zero-order valence-corrected chi connectivity index (χ0v) is 18.4. The Morgan fingerprint density at radius 2 is 1.55 bits per heavy atom. The Bertz CT molecular complexity index is 932. The van der Waals surface area contributed by atoms with E-state index < -0.39 is 5.79 Å². The van der Waals surface area contributed by atoms with E-state index in [1.54, 1.807) is 0 Å². The lowest BCUT2D eigenvalue weighted by atomic mass is 9.88. The monoisotopic (exact) mass is 421 g/mol. The molecule has 3 aliphatic rings. The molecule has 0 unspecified atom stereocenters. The maximum Gasteiger partial charge on any atom is 0.293 e. The van der Waals surface area contributed by atoms with Crippen LogP contribution in [-0.4, -0.2) is 56.9 Å². The van der Waals surface area contributed by atoms with Crippen molar-refractivity contribution < 1.29 is 14.3 Å². The normalized spacial score (nSPS) is 28.9. The van der Waals surface area contributed by atoms with Crippen LogP contribution >= 0.6 is 0 Å². The molecule has 1 spiro atoms. The zero-order valence-electron chi connectivity index (χ0n) is 18.4. The summed E-state index contributed by atoms with van der Waals surface area (Å²) in [5, 5.41) is 0. The summed E-state index contributed by atoms with van der Waals surface area (Å²) in [6.07, 6.45) is 0.953. The highest BCUT2D eigenvalue weighted by molar-refractivity contribution is 6.06. The molecule has 6 heteroatoms. The number of anilines is 2. The molecular weight excluding hydrogens is 390 g/mol. The SMILES string of the molecule is CCC1(C)COC2(OC1)C(=O)N(CN1CCN(c3ccccc3)CC1)c1ccccc12. The molecule has 0 saturated carbocycles. The molecule has 3 aliphatic heterocycles. The molecule has 0 radical (unpaired) electrons. The van der Waals surface area contributed by atoms with Crippen LogP contribution in [0.3, 0.4) is 0 Å². The van der Waals surface area contributed by atoms with E-state index in [4.69, 9.17) is 9.47 Å². The van der Waals surface area contributed by atoms with Gasteiger partial charge < -0.3 is 14.4 Å². The number of fused-ring (bicyclic) bond motifs is 2. The summed E-state index contributed by atoms with van der Waals surface area (Å²) < 4.78 is 12.5. The van der Waals surface area contributed by atoms with Crippen LogP contribution in [0.1, 0.15) is 25.8 Å². The number of amides is 1. The van der Waals surface area contributed by atoms with Gasteiger partial charge in [-0.15, -0.1) is 0 Å². The second kappa shape index (κ2) is 7.93. The summed E-state index contributed by atoms with van der Waals surface area (Å²) >= 11 is 0. The molecule has 31 heavy (non-hydrogen) atoms.